The molecule has 0 spiro atoms. The van der Waals surface area contributed by atoms with Gasteiger partial charge in [-0.3, -0.25) is 13.9 Å². The van der Waals surface area contributed by atoms with E-state index in [4.69, 9.17) is 12.9 Å². The summed E-state index contributed by atoms with van der Waals surface area (Å²) < 4.78 is 74.7. The molecule has 184 valence electrons. The minimum atomic E-state index is -4.69. The van der Waals surface area contributed by atoms with Crippen molar-refractivity contribution in [3.8, 4) is 0 Å². The third kappa shape index (κ3) is 4.29. The molecule has 32 heavy (non-hydrogen) atoms. The summed E-state index contributed by atoms with van der Waals surface area (Å²) in [5.74, 6) is 0.174. The van der Waals surface area contributed by atoms with E-state index < -0.39 is 33.0 Å². The van der Waals surface area contributed by atoms with Crippen molar-refractivity contribution >= 4 is 26.6 Å². The van der Waals surface area contributed by atoms with Gasteiger partial charge in [0, 0.05) is 5.92 Å². The number of hydrogen-bond donors (Lipinski definition) is 2. The van der Waals surface area contributed by atoms with Crippen LogP contribution in [0.5, 0.6) is 0 Å². The van der Waals surface area contributed by atoms with Gasteiger partial charge in [0.25, 0.3) is 0 Å². The fraction of sp³-hybridized carbons (Fsp3) is 0.952. The van der Waals surface area contributed by atoms with Crippen molar-refractivity contribution in [2.45, 2.75) is 84.3 Å². The van der Waals surface area contributed by atoms with Gasteiger partial charge in [0.2, 0.25) is 0 Å². The van der Waals surface area contributed by atoms with Crippen LogP contribution in [0.4, 0.5) is 0 Å². The number of carbonyl (C=O) groups excluding carboxylic acids is 1. The number of carbonyl (C=O) groups is 1. The summed E-state index contributed by atoms with van der Waals surface area (Å²) in [4.78, 5) is 12.4. The van der Waals surface area contributed by atoms with Gasteiger partial charge in [0.15, 0.2) is 0 Å². The van der Waals surface area contributed by atoms with E-state index in [1.165, 1.54) is 0 Å². The molecule has 0 aromatic carbocycles. The van der Waals surface area contributed by atoms with Crippen LogP contribution in [0.1, 0.15) is 72.1 Å². The Hall–Kier alpha value is -0.590. The Bertz CT molecular complexity index is 977. The van der Waals surface area contributed by atoms with Crippen molar-refractivity contribution in [3.63, 3.8) is 0 Å². The van der Waals surface area contributed by atoms with Crippen LogP contribution < -0.4 is 0 Å². The fourth-order valence-electron chi connectivity index (χ4n) is 8.34. The molecule has 0 aromatic heterocycles. The van der Waals surface area contributed by atoms with Crippen LogP contribution in [-0.4, -0.2) is 43.9 Å². The summed E-state index contributed by atoms with van der Waals surface area (Å²) in [6, 6.07) is 0. The lowest BCUT2D eigenvalue weighted by atomic mass is 9.44. The van der Waals surface area contributed by atoms with Crippen LogP contribution in [0.25, 0.3) is 0 Å². The predicted octanol–water partition coefficient (Wildman–Crippen LogP) is 3.22. The lowest BCUT2D eigenvalue weighted by molar-refractivity contribution is -0.166. The summed E-state index contributed by atoms with van der Waals surface area (Å²) in [6.07, 6.45) is 3.77. The number of Topliss-reactive ketones (excluding diaryl/α,β-unsaturated/α-hetero) is 1. The largest absolute Gasteiger partial charge is 0.397 e. The van der Waals surface area contributed by atoms with Crippen LogP contribution >= 0.6 is 0 Å². The highest BCUT2D eigenvalue weighted by molar-refractivity contribution is 7.81. The van der Waals surface area contributed by atoms with Gasteiger partial charge in [0.1, 0.15) is 5.78 Å². The van der Waals surface area contributed by atoms with Crippen LogP contribution in [0.15, 0.2) is 0 Å². The zero-order valence-corrected chi connectivity index (χ0v) is 20.4. The lowest BCUT2D eigenvalue weighted by Crippen LogP contribution is -2.59. The molecule has 0 bridgehead atoms. The SMILES string of the molecule is CC(=O)[C@H]1CC[C@H]2[C@@H]3[C@H](OS(=O)(=O)O)C[C@@H]4C[C@H](OS(=O)(=O)O)CC[C@]4(C)[C@H]3CC[C@]12C. The van der Waals surface area contributed by atoms with Crippen LogP contribution in [0.2, 0.25) is 0 Å². The van der Waals surface area contributed by atoms with Gasteiger partial charge in [-0.15, -0.1) is 0 Å². The topological polar surface area (TPSA) is 144 Å². The fourth-order valence-corrected chi connectivity index (χ4v) is 9.38. The zero-order chi connectivity index (χ0) is 23.7. The molecule has 0 radical (unpaired) electrons. The van der Waals surface area contributed by atoms with E-state index in [0.717, 1.165) is 25.7 Å². The van der Waals surface area contributed by atoms with Gasteiger partial charge >= 0.3 is 20.8 Å². The molecule has 4 fully saturated rings. The van der Waals surface area contributed by atoms with Gasteiger partial charge in [-0.2, -0.15) is 16.8 Å². The third-order valence-corrected chi connectivity index (χ3v) is 10.6. The van der Waals surface area contributed by atoms with Crippen molar-refractivity contribution in [3.05, 3.63) is 0 Å². The summed E-state index contributed by atoms with van der Waals surface area (Å²) in [6.45, 7) is 5.96. The van der Waals surface area contributed by atoms with Crippen molar-refractivity contribution in [1.82, 2.24) is 0 Å². The molecule has 4 saturated carbocycles. The van der Waals surface area contributed by atoms with E-state index in [9.17, 15) is 26.2 Å². The normalized spacial score (nSPS) is 46.7. The maximum absolute atomic E-state index is 12.4. The Labute approximate surface area is 190 Å². The second-order valence-corrected chi connectivity index (χ2v) is 13.1. The molecule has 4 aliphatic rings. The summed E-state index contributed by atoms with van der Waals surface area (Å²) in [5.41, 5.74) is -0.388. The Morgan fingerprint density at radius 3 is 2.03 bits per heavy atom. The number of rotatable bonds is 5. The maximum atomic E-state index is 12.4. The predicted molar refractivity (Wildman–Crippen MR) is 114 cm³/mol. The Kier molecular flexibility index (Phi) is 6.12. The minimum Gasteiger partial charge on any atom is -0.300 e. The van der Waals surface area contributed by atoms with E-state index in [1.54, 1.807) is 6.92 Å². The molecule has 0 saturated heterocycles. The summed E-state index contributed by atoms with van der Waals surface area (Å²) in [5, 5.41) is 0. The van der Waals surface area contributed by atoms with Crippen LogP contribution in [0.3, 0.4) is 0 Å². The van der Waals surface area contributed by atoms with Gasteiger partial charge < -0.3 is 0 Å². The average Bonchev–Trinajstić information content (AvgIpc) is 2.97. The second-order valence-electron chi connectivity index (χ2n) is 11.0. The number of ketones is 1. The molecule has 0 heterocycles. The highest BCUT2D eigenvalue weighted by atomic mass is 32.3. The molecule has 4 rings (SSSR count). The number of hydrogen-bond acceptors (Lipinski definition) is 7. The Balaban J connectivity index is 1.68. The Morgan fingerprint density at radius 2 is 1.44 bits per heavy atom. The van der Waals surface area contributed by atoms with E-state index in [1.807, 2.05) is 0 Å². The molecule has 11 heteroatoms. The third-order valence-electron chi connectivity index (χ3n) is 9.60. The zero-order valence-electron chi connectivity index (χ0n) is 18.8. The molecule has 0 amide bonds. The van der Waals surface area contributed by atoms with E-state index in [0.29, 0.717) is 25.7 Å². The van der Waals surface area contributed by atoms with Gasteiger partial charge in [0.05, 0.1) is 12.2 Å². The molecule has 9 atom stereocenters. The van der Waals surface area contributed by atoms with Crippen molar-refractivity contribution in [2.75, 3.05) is 0 Å². The summed E-state index contributed by atoms with van der Waals surface area (Å²) in [7, 11) is -9.27. The molecular weight excluding hydrogens is 460 g/mol. The molecule has 0 aliphatic heterocycles. The molecule has 4 aliphatic carbocycles. The van der Waals surface area contributed by atoms with Gasteiger partial charge in [-0.05, 0) is 92.8 Å². The highest BCUT2D eigenvalue weighted by Gasteiger charge is 2.64. The van der Waals surface area contributed by atoms with E-state index in [2.05, 4.69) is 13.8 Å². The number of fused-ring (bicyclic) bond motifs is 5. The molecule has 0 aromatic rings. The standard InChI is InChI=1S/C21H34O9S2/c1-12(22)15-4-5-16-19-17(7-9-21(15,16)3)20(2)8-6-14(29-31(23,24)25)10-13(20)11-18(19)30-32(26,27)28/h13-19H,4-11H2,1-3H3,(H,23,24,25)(H,26,27,28)/t13-,14+,15+,16-,17-,18+,19-,20-,21+/m0/s1. The molecular formula is C21H34O9S2. The van der Waals surface area contributed by atoms with E-state index >= 15 is 0 Å². The first kappa shape index (κ1) is 24.5. The van der Waals surface area contributed by atoms with Crippen LogP contribution in [0, 0.1) is 40.4 Å². The Morgan fingerprint density at radius 1 is 0.844 bits per heavy atom. The monoisotopic (exact) mass is 494 g/mol. The van der Waals surface area contributed by atoms with Gasteiger partial charge in [-0.1, -0.05) is 13.8 Å². The quantitative estimate of drug-likeness (QED) is 0.550. The van der Waals surface area contributed by atoms with Crippen LogP contribution in [-0.2, 0) is 34.0 Å². The first-order valence-corrected chi connectivity index (χ1v) is 14.2. The maximum Gasteiger partial charge on any atom is 0.397 e. The molecule has 2 N–H and O–H groups in total. The molecule has 9 nitrogen and oxygen atoms in total. The average molecular weight is 495 g/mol. The van der Waals surface area contributed by atoms with Gasteiger partial charge in [-0.25, -0.2) is 8.37 Å². The van der Waals surface area contributed by atoms with E-state index in [-0.39, 0.29) is 46.2 Å². The highest BCUT2D eigenvalue weighted by Crippen LogP contribution is 2.68. The van der Waals surface area contributed by atoms with Crippen molar-refractivity contribution in [1.29, 1.82) is 0 Å². The molecule has 0 unspecified atom stereocenters. The smallest absolute Gasteiger partial charge is 0.300 e. The summed E-state index contributed by atoms with van der Waals surface area (Å²) >= 11 is 0. The first-order chi connectivity index (χ1) is 14.6. The second kappa shape index (κ2) is 7.98. The first-order valence-electron chi connectivity index (χ1n) is 11.5. The minimum absolute atomic E-state index is 0.0516. The lowest BCUT2D eigenvalue weighted by Gasteiger charge is -2.62. The van der Waals surface area contributed by atoms with Crippen molar-refractivity contribution in [2.24, 2.45) is 40.4 Å². The van der Waals surface area contributed by atoms with Crippen molar-refractivity contribution < 1.29 is 39.1 Å².